The number of carbonyl (C=O) groups excluding carboxylic acids is 4. The van der Waals surface area contributed by atoms with Crippen LogP contribution in [0, 0.1) is 23.7 Å². The van der Waals surface area contributed by atoms with E-state index in [9.17, 15) is 19.2 Å². The molecular weight excluding hydrogens is 396 g/mol. The number of hydrogen-bond acceptors (Lipinski definition) is 5. The standard InChI is InChI=1S/C24H30N2O5/c1-4-14-7-6-8-15(5-2)21(14)25-18(27)12-31-24(30)13(3)26-22(28)19-16-9-10-17(11-16)20(19)23(26)29/h6-8,13,16-17,19-20H,4-5,9-12H2,1-3H3,(H,25,27)/t13-,16-,17+,19+,20+/m1/s1. The van der Waals surface area contributed by atoms with Gasteiger partial charge in [0.05, 0.1) is 11.8 Å². The molecule has 1 N–H and O–H groups in total. The summed E-state index contributed by atoms with van der Waals surface area (Å²) in [7, 11) is 0. The Morgan fingerprint density at radius 2 is 1.61 bits per heavy atom. The van der Waals surface area contributed by atoms with Crippen LogP contribution < -0.4 is 5.32 Å². The van der Waals surface area contributed by atoms with E-state index >= 15 is 0 Å². The zero-order valence-electron chi connectivity index (χ0n) is 18.3. The van der Waals surface area contributed by atoms with Gasteiger partial charge in [0.15, 0.2) is 6.61 Å². The third kappa shape index (κ3) is 3.64. The Hall–Kier alpha value is -2.70. The van der Waals surface area contributed by atoms with Crippen molar-refractivity contribution >= 4 is 29.4 Å². The molecule has 3 amide bonds. The lowest BCUT2D eigenvalue weighted by molar-refractivity contribution is -0.159. The highest BCUT2D eigenvalue weighted by Gasteiger charge is 2.62. The van der Waals surface area contributed by atoms with Crippen molar-refractivity contribution in [2.75, 3.05) is 11.9 Å². The summed E-state index contributed by atoms with van der Waals surface area (Å²) in [5.74, 6) is -1.70. The smallest absolute Gasteiger partial charge is 0.329 e. The largest absolute Gasteiger partial charge is 0.454 e. The van der Waals surface area contributed by atoms with E-state index < -0.39 is 24.5 Å². The Morgan fingerprint density at radius 3 is 2.13 bits per heavy atom. The van der Waals surface area contributed by atoms with Crippen LogP contribution in [-0.2, 0) is 36.8 Å². The van der Waals surface area contributed by atoms with Crippen LogP contribution in [0.3, 0.4) is 0 Å². The van der Waals surface area contributed by atoms with E-state index in [1.807, 2.05) is 32.0 Å². The minimum Gasteiger partial charge on any atom is -0.454 e. The maximum Gasteiger partial charge on any atom is 0.329 e. The van der Waals surface area contributed by atoms with Gasteiger partial charge in [-0.05, 0) is 62.0 Å². The lowest BCUT2D eigenvalue weighted by Gasteiger charge is -2.23. The Balaban J connectivity index is 1.37. The molecule has 2 aliphatic carbocycles. The summed E-state index contributed by atoms with van der Waals surface area (Å²) < 4.78 is 5.19. The van der Waals surface area contributed by atoms with Crippen molar-refractivity contribution in [3.8, 4) is 0 Å². The van der Waals surface area contributed by atoms with Crippen LogP contribution in [0.5, 0.6) is 0 Å². The number of likely N-dealkylation sites (tertiary alicyclic amines) is 1. The fraction of sp³-hybridized carbons (Fsp3) is 0.583. The Labute approximate surface area is 182 Å². The van der Waals surface area contributed by atoms with Gasteiger partial charge in [-0.25, -0.2) is 4.79 Å². The third-order valence-electron chi connectivity index (χ3n) is 7.30. The molecule has 1 aromatic carbocycles. The van der Waals surface area contributed by atoms with Crippen LogP contribution in [-0.4, -0.2) is 41.2 Å². The molecule has 1 aromatic rings. The molecule has 7 heteroatoms. The maximum absolute atomic E-state index is 12.9. The minimum absolute atomic E-state index is 0.249. The second kappa shape index (κ2) is 8.44. The van der Waals surface area contributed by atoms with E-state index in [2.05, 4.69) is 5.32 Å². The van der Waals surface area contributed by atoms with E-state index in [1.165, 1.54) is 6.92 Å². The Kier molecular flexibility index (Phi) is 5.86. The van der Waals surface area contributed by atoms with E-state index in [4.69, 9.17) is 4.74 Å². The second-order valence-corrected chi connectivity index (χ2v) is 8.92. The first kappa shape index (κ1) is 21.5. The van der Waals surface area contributed by atoms with Gasteiger partial charge in [0.2, 0.25) is 11.8 Å². The molecule has 3 aliphatic rings. The number of hydrogen-bond donors (Lipinski definition) is 1. The number of rotatable bonds is 7. The summed E-state index contributed by atoms with van der Waals surface area (Å²) in [6.45, 7) is 5.06. The van der Waals surface area contributed by atoms with Crippen molar-refractivity contribution in [3.05, 3.63) is 29.3 Å². The number of nitrogens with one attached hydrogen (secondary N) is 1. The first-order chi connectivity index (χ1) is 14.9. The van der Waals surface area contributed by atoms with Crippen molar-refractivity contribution < 1.29 is 23.9 Å². The van der Waals surface area contributed by atoms with Gasteiger partial charge in [0.1, 0.15) is 6.04 Å². The number of fused-ring (bicyclic) bond motifs is 5. The fourth-order valence-corrected chi connectivity index (χ4v) is 5.75. The highest BCUT2D eigenvalue weighted by Crippen LogP contribution is 2.56. The average Bonchev–Trinajstić information content (AvgIpc) is 3.45. The highest BCUT2D eigenvalue weighted by atomic mass is 16.5. The molecule has 1 aliphatic heterocycles. The zero-order valence-corrected chi connectivity index (χ0v) is 18.3. The molecule has 0 radical (unpaired) electrons. The number of benzene rings is 1. The molecule has 3 fully saturated rings. The topological polar surface area (TPSA) is 92.8 Å². The van der Waals surface area contributed by atoms with Crippen LogP contribution >= 0.6 is 0 Å². The number of imide groups is 1. The molecule has 5 atom stereocenters. The molecule has 4 rings (SSSR count). The third-order valence-corrected chi connectivity index (χ3v) is 7.30. The highest BCUT2D eigenvalue weighted by molar-refractivity contribution is 6.08. The summed E-state index contributed by atoms with van der Waals surface area (Å²) in [4.78, 5) is 51.8. The number of ether oxygens (including phenoxy) is 1. The first-order valence-corrected chi connectivity index (χ1v) is 11.3. The van der Waals surface area contributed by atoms with Gasteiger partial charge in [0, 0.05) is 5.69 Å². The number of carbonyl (C=O) groups is 4. The number of esters is 1. The van der Waals surface area contributed by atoms with E-state index in [-0.39, 0.29) is 35.5 Å². The van der Waals surface area contributed by atoms with Crippen molar-refractivity contribution in [1.29, 1.82) is 0 Å². The van der Waals surface area contributed by atoms with Crippen LogP contribution in [0.25, 0.3) is 0 Å². The summed E-state index contributed by atoms with van der Waals surface area (Å²) in [6.07, 6.45) is 4.44. The molecule has 0 unspecified atom stereocenters. The molecule has 31 heavy (non-hydrogen) atoms. The van der Waals surface area contributed by atoms with Gasteiger partial charge in [-0.3, -0.25) is 19.3 Å². The minimum atomic E-state index is -1.02. The fourth-order valence-electron chi connectivity index (χ4n) is 5.75. The van der Waals surface area contributed by atoms with Gasteiger partial charge >= 0.3 is 5.97 Å². The number of aryl methyl sites for hydroxylation is 2. The summed E-state index contributed by atoms with van der Waals surface area (Å²) in [5, 5.41) is 2.85. The Morgan fingerprint density at radius 1 is 1.06 bits per heavy atom. The number of anilines is 1. The van der Waals surface area contributed by atoms with Crippen molar-refractivity contribution in [2.45, 2.75) is 58.9 Å². The van der Waals surface area contributed by atoms with Gasteiger partial charge in [0.25, 0.3) is 5.91 Å². The second-order valence-electron chi connectivity index (χ2n) is 8.92. The van der Waals surface area contributed by atoms with Gasteiger partial charge in [-0.2, -0.15) is 0 Å². The molecule has 166 valence electrons. The Bertz CT molecular complexity index is 876. The van der Waals surface area contributed by atoms with Crippen molar-refractivity contribution in [1.82, 2.24) is 4.90 Å². The molecule has 1 heterocycles. The van der Waals surface area contributed by atoms with E-state index in [1.54, 1.807) is 0 Å². The SMILES string of the molecule is CCc1cccc(CC)c1NC(=O)COC(=O)[C@@H](C)N1C(=O)[C@H]2[C@@H]3CC[C@@H](C3)[C@@H]2C1=O. The molecule has 0 spiro atoms. The van der Waals surface area contributed by atoms with Gasteiger partial charge in [-0.1, -0.05) is 32.0 Å². The average molecular weight is 427 g/mol. The summed E-state index contributed by atoms with van der Waals surface area (Å²) in [6, 6.07) is 4.85. The number of amides is 3. The monoisotopic (exact) mass is 426 g/mol. The predicted octanol–water partition coefficient (Wildman–Crippen LogP) is 2.71. The number of nitrogens with zero attached hydrogens (tertiary/aromatic N) is 1. The zero-order chi connectivity index (χ0) is 22.3. The predicted molar refractivity (Wildman–Crippen MR) is 114 cm³/mol. The molecule has 2 saturated carbocycles. The van der Waals surface area contributed by atoms with Crippen LogP contribution in [0.2, 0.25) is 0 Å². The van der Waals surface area contributed by atoms with Gasteiger partial charge < -0.3 is 10.1 Å². The summed E-state index contributed by atoms with van der Waals surface area (Å²) in [5.41, 5.74) is 2.79. The molecule has 2 bridgehead atoms. The van der Waals surface area contributed by atoms with Crippen LogP contribution in [0.1, 0.15) is 51.2 Å². The normalized spacial score (nSPS) is 27.4. The lowest BCUT2D eigenvalue weighted by atomic mass is 9.81. The molecular formula is C24H30N2O5. The first-order valence-electron chi connectivity index (χ1n) is 11.3. The van der Waals surface area contributed by atoms with Gasteiger partial charge in [-0.15, -0.1) is 0 Å². The maximum atomic E-state index is 12.9. The molecule has 7 nitrogen and oxygen atoms in total. The summed E-state index contributed by atoms with van der Waals surface area (Å²) >= 11 is 0. The lowest BCUT2D eigenvalue weighted by Crippen LogP contribution is -2.45. The molecule has 1 saturated heterocycles. The van der Waals surface area contributed by atoms with Crippen molar-refractivity contribution in [2.24, 2.45) is 23.7 Å². The van der Waals surface area contributed by atoms with Crippen molar-refractivity contribution in [3.63, 3.8) is 0 Å². The number of para-hydroxylation sites is 1. The van der Waals surface area contributed by atoms with Crippen LogP contribution in [0.15, 0.2) is 18.2 Å². The van der Waals surface area contributed by atoms with E-state index in [0.717, 1.165) is 53.8 Å². The van der Waals surface area contributed by atoms with Crippen LogP contribution in [0.4, 0.5) is 5.69 Å². The van der Waals surface area contributed by atoms with E-state index in [0.29, 0.717) is 0 Å². The molecule has 0 aromatic heterocycles. The quantitative estimate of drug-likeness (QED) is 0.535.